The van der Waals surface area contributed by atoms with Gasteiger partial charge in [-0.1, -0.05) is 250 Å². The Morgan fingerprint density at radius 2 is 0.625 bits per heavy atom. The Morgan fingerprint density at radius 3 is 1.26 bits per heavy atom. The van der Waals surface area contributed by atoms with Crippen molar-refractivity contribution in [1.82, 2.24) is 0 Å². The van der Waals surface area contributed by atoms with Crippen LogP contribution in [0, 0.1) is 0 Å². The Hall–Kier alpha value is -13.5. The summed E-state index contributed by atoms with van der Waals surface area (Å²) in [5.74, 6) is 0. The van der Waals surface area contributed by atoms with Crippen molar-refractivity contribution in [2.24, 2.45) is 0 Å². The number of hydrogen-bond acceptors (Lipinski definition) is 5. The van der Waals surface area contributed by atoms with E-state index in [1.807, 2.05) is 18.2 Å². The van der Waals surface area contributed by atoms with Gasteiger partial charge in [0.2, 0.25) is 0 Å². The molecule has 0 aliphatic heterocycles. The fourth-order valence-electron chi connectivity index (χ4n) is 16.3. The zero-order valence-electron chi connectivity index (χ0n) is 57.3. The van der Waals surface area contributed by atoms with E-state index in [4.69, 9.17) is 13.3 Å². The molecule has 0 radical (unpaired) electrons. The largest absolute Gasteiger partial charge is 0.456 e. The van der Waals surface area contributed by atoms with Crippen LogP contribution in [0.4, 0.5) is 34.1 Å². The lowest BCUT2D eigenvalue weighted by Crippen LogP contribution is -2.16. The smallest absolute Gasteiger partial charge is 0.145 e. The normalized spacial score (nSPS) is 12.4. The van der Waals surface area contributed by atoms with Crippen LogP contribution in [0.25, 0.3) is 155 Å². The van der Waals surface area contributed by atoms with Crippen molar-refractivity contribution < 1.29 is 13.3 Å². The molecule has 1 aliphatic carbocycles. The lowest BCUT2D eigenvalue weighted by molar-refractivity contribution is 0.660. The fourth-order valence-corrected chi connectivity index (χ4v) is 16.3. The molecule has 0 saturated carbocycles. The number of para-hydroxylation sites is 2. The molecular formula is C99H66N2O3. The topological polar surface area (TPSA) is 45.9 Å². The minimum Gasteiger partial charge on any atom is -0.456 e. The van der Waals surface area contributed by atoms with Crippen LogP contribution in [0.2, 0.25) is 0 Å². The first kappa shape index (κ1) is 60.5. The van der Waals surface area contributed by atoms with Crippen LogP contribution in [0.15, 0.2) is 377 Å². The first-order valence-electron chi connectivity index (χ1n) is 35.7. The van der Waals surface area contributed by atoms with Gasteiger partial charge in [0.15, 0.2) is 0 Å². The van der Waals surface area contributed by atoms with Crippen LogP contribution >= 0.6 is 0 Å². The number of furan rings is 3. The number of anilines is 6. The third-order valence-corrected chi connectivity index (χ3v) is 21.5. The average molecular weight is 1330 g/mol. The Labute approximate surface area is 602 Å². The second kappa shape index (κ2) is 24.4. The van der Waals surface area contributed by atoms with Crippen molar-refractivity contribution in [2.45, 2.75) is 19.3 Å². The summed E-state index contributed by atoms with van der Waals surface area (Å²) in [5.41, 5.74) is 32.1. The Kier molecular flexibility index (Phi) is 14.2. The van der Waals surface area contributed by atoms with Crippen molar-refractivity contribution in [1.29, 1.82) is 0 Å². The van der Waals surface area contributed by atoms with Crippen molar-refractivity contribution in [3.63, 3.8) is 0 Å². The molecule has 0 N–H and O–H groups in total. The summed E-state index contributed by atoms with van der Waals surface area (Å²) in [6, 6.07) is 132. The third kappa shape index (κ3) is 10.2. The van der Waals surface area contributed by atoms with Gasteiger partial charge < -0.3 is 23.1 Å². The van der Waals surface area contributed by atoms with Gasteiger partial charge in [0.05, 0.1) is 5.69 Å². The van der Waals surface area contributed by atoms with Crippen LogP contribution in [0.5, 0.6) is 0 Å². The van der Waals surface area contributed by atoms with Crippen LogP contribution in [-0.2, 0) is 5.41 Å². The molecule has 0 spiro atoms. The molecule has 0 bridgehead atoms. The highest BCUT2D eigenvalue weighted by molar-refractivity contribution is 6.15. The van der Waals surface area contributed by atoms with E-state index in [-0.39, 0.29) is 5.41 Å². The molecule has 0 amide bonds. The van der Waals surface area contributed by atoms with Gasteiger partial charge in [-0.05, 0) is 222 Å². The molecule has 3 heterocycles. The van der Waals surface area contributed by atoms with Gasteiger partial charge in [-0.15, -0.1) is 0 Å². The van der Waals surface area contributed by atoms with E-state index < -0.39 is 0 Å². The van der Waals surface area contributed by atoms with Crippen molar-refractivity contribution >= 4 is 99.9 Å². The number of nitrogens with zero attached hydrogens (tertiary/aromatic N) is 2. The van der Waals surface area contributed by atoms with E-state index in [1.54, 1.807) is 0 Å². The number of hydrogen-bond donors (Lipinski definition) is 0. The average Bonchev–Trinajstić information content (AvgIpc) is 1.62. The van der Waals surface area contributed by atoms with Crippen molar-refractivity contribution in [3.05, 3.63) is 375 Å². The summed E-state index contributed by atoms with van der Waals surface area (Å²) in [7, 11) is 0. The van der Waals surface area contributed by atoms with E-state index in [0.29, 0.717) is 0 Å². The molecule has 1 aliphatic rings. The number of fused-ring (bicyclic) bond motifs is 12. The summed E-state index contributed by atoms with van der Waals surface area (Å²) >= 11 is 0. The lowest BCUT2D eigenvalue weighted by atomic mass is 9.82. The predicted octanol–water partition coefficient (Wildman–Crippen LogP) is 28.3. The minimum absolute atomic E-state index is 0.191. The zero-order valence-corrected chi connectivity index (χ0v) is 57.3. The van der Waals surface area contributed by atoms with Gasteiger partial charge in [0.25, 0.3) is 0 Å². The molecule has 19 aromatic rings. The summed E-state index contributed by atoms with van der Waals surface area (Å²) in [6.07, 6.45) is 0. The lowest BCUT2D eigenvalue weighted by Gasteiger charge is -2.28. The second-order valence-electron chi connectivity index (χ2n) is 27.9. The molecule has 5 heteroatoms. The summed E-state index contributed by atoms with van der Waals surface area (Å²) in [4.78, 5) is 4.78. The molecule has 0 atom stereocenters. The first-order chi connectivity index (χ1) is 51.3. The van der Waals surface area contributed by atoms with Crippen molar-refractivity contribution in [2.75, 3.05) is 9.80 Å². The Morgan fingerprint density at radius 1 is 0.212 bits per heavy atom. The standard InChI is InChI=1S/C99H66N2O3/c1-99(2)89-30-15-12-27-79(89)80-52-51-78(60-90(80)99)100(75-49-39-68(40-50-75)85-62-96-88(82-29-14-17-32-93(82)103-96)61-84(85)73-42-56-94-86(59-73)81-28-13-16-31-92(81)102-94)74-43-37-67(38-44-74)70-25-18-26-71(57-70)72-41-55-95-87(58-72)83-53-54-91(97(98(83)104-95)69-23-10-5-11-24-69)101(76-45-33-65(34-46-76)63-19-6-3-7-20-63)77-47-35-66(36-48-77)64-21-8-4-9-22-64/h3-62H,1-2H3. The molecule has 5 nitrogen and oxygen atoms in total. The Bertz CT molecular complexity index is 6440. The minimum atomic E-state index is -0.191. The summed E-state index contributed by atoms with van der Waals surface area (Å²) in [6.45, 7) is 4.71. The zero-order chi connectivity index (χ0) is 69.0. The molecule has 0 unspecified atom stereocenters. The monoisotopic (exact) mass is 1330 g/mol. The van der Waals surface area contributed by atoms with Gasteiger partial charge in [-0.3, -0.25) is 0 Å². The van der Waals surface area contributed by atoms with Crippen molar-refractivity contribution in [3.8, 4) is 89.0 Å². The molecule has 3 aromatic heterocycles. The SMILES string of the molecule is CC1(C)c2ccccc2-c2ccc(N(c3ccc(-c4cccc(-c5ccc6oc7c(-c8ccccc8)c(N(c8ccc(-c9ccccc9)cc8)c8ccc(-c9ccccc9)cc8)ccc7c6c5)c4)cc3)c3ccc(-c4cc5oc6ccccc6c5cc4-c4ccc5oc6ccccc6c5c4)cc3)cc21. The van der Waals surface area contributed by atoms with E-state index in [2.05, 4.69) is 369 Å². The van der Waals surface area contributed by atoms with E-state index in [0.717, 1.165) is 167 Å². The maximum absolute atomic E-state index is 7.13. The molecule has 0 fully saturated rings. The number of benzene rings is 16. The van der Waals surface area contributed by atoms with Gasteiger partial charge in [-0.2, -0.15) is 0 Å². The highest BCUT2D eigenvalue weighted by Crippen LogP contribution is 2.53. The van der Waals surface area contributed by atoms with Crippen LogP contribution in [0.1, 0.15) is 25.0 Å². The van der Waals surface area contributed by atoms with Gasteiger partial charge in [0, 0.05) is 71.7 Å². The highest BCUT2D eigenvalue weighted by atomic mass is 16.3. The van der Waals surface area contributed by atoms with E-state index >= 15 is 0 Å². The van der Waals surface area contributed by atoms with Crippen LogP contribution < -0.4 is 9.80 Å². The maximum Gasteiger partial charge on any atom is 0.145 e. The molecule has 20 rings (SSSR count). The fraction of sp³-hybridized carbons (Fsp3) is 0.0303. The van der Waals surface area contributed by atoms with Gasteiger partial charge >= 0.3 is 0 Å². The predicted molar refractivity (Wildman–Crippen MR) is 433 cm³/mol. The second-order valence-corrected chi connectivity index (χ2v) is 27.9. The quantitative estimate of drug-likeness (QED) is 0.115. The van der Waals surface area contributed by atoms with Crippen LogP contribution in [-0.4, -0.2) is 0 Å². The Balaban J connectivity index is 0.663. The van der Waals surface area contributed by atoms with Gasteiger partial charge in [-0.25, -0.2) is 0 Å². The van der Waals surface area contributed by atoms with E-state index in [9.17, 15) is 0 Å². The van der Waals surface area contributed by atoms with E-state index in [1.165, 1.54) is 33.4 Å². The molecule has 490 valence electrons. The summed E-state index contributed by atoms with van der Waals surface area (Å²) < 4.78 is 20.1. The highest BCUT2D eigenvalue weighted by Gasteiger charge is 2.36. The van der Waals surface area contributed by atoms with Crippen LogP contribution in [0.3, 0.4) is 0 Å². The maximum atomic E-state index is 7.13. The number of rotatable bonds is 13. The molecule has 16 aromatic carbocycles. The third-order valence-electron chi connectivity index (χ3n) is 21.5. The first-order valence-corrected chi connectivity index (χ1v) is 35.7. The van der Waals surface area contributed by atoms with Gasteiger partial charge in [0.1, 0.15) is 33.5 Å². The molecule has 104 heavy (non-hydrogen) atoms. The summed E-state index contributed by atoms with van der Waals surface area (Å²) in [5, 5.41) is 6.48. The molecule has 0 saturated heterocycles. The molecular weight excluding hydrogens is 1270 g/mol.